The van der Waals surface area contributed by atoms with E-state index in [0.29, 0.717) is 5.54 Å². The summed E-state index contributed by atoms with van der Waals surface area (Å²) in [4.78, 5) is 12.6. The van der Waals surface area contributed by atoms with E-state index in [-0.39, 0.29) is 0 Å². The number of nitrogens with one attached hydrogen (secondary N) is 1. The maximum absolute atomic E-state index is 5.36. The van der Waals surface area contributed by atoms with Gasteiger partial charge in [-0.15, -0.1) is 0 Å². The maximum atomic E-state index is 5.36. The van der Waals surface area contributed by atoms with Crippen LogP contribution in [0.4, 0.5) is 0 Å². The summed E-state index contributed by atoms with van der Waals surface area (Å²) in [5.74, 6) is 0.978. The van der Waals surface area contributed by atoms with Crippen molar-refractivity contribution in [2.75, 3.05) is 19.6 Å². The van der Waals surface area contributed by atoms with E-state index < -0.39 is 0 Å². The van der Waals surface area contributed by atoms with Gasteiger partial charge in [-0.2, -0.15) is 0 Å². The number of nitrogens with zero attached hydrogens (tertiary/aromatic N) is 4. The quantitative estimate of drug-likeness (QED) is 0.934. The highest BCUT2D eigenvalue weighted by atomic mass is 16.5. The molecule has 0 unspecified atom stereocenters. The van der Waals surface area contributed by atoms with Crippen molar-refractivity contribution in [1.29, 1.82) is 0 Å². The molecule has 0 radical (unpaired) electrons. The summed E-state index contributed by atoms with van der Waals surface area (Å²) in [5.41, 5.74) is 3.92. The minimum Gasteiger partial charge on any atom is -0.361 e. The molecular formula is C18H27N5O. The number of hydrogen-bond acceptors (Lipinski definition) is 5. The molecule has 0 bridgehead atoms. The van der Waals surface area contributed by atoms with Crippen molar-refractivity contribution in [3.05, 3.63) is 35.2 Å². The van der Waals surface area contributed by atoms with Gasteiger partial charge < -0.3 is 9.51 Å². The van der Waals surface area contributed by atoms with E-state index in [4.69, 9.17) is 4.52 Å². The minimum atomic E-state index is 0.376. The number of rotatable bonds is 4. The first kappa shape index (κ1) is 15.8. The van der Waals surface area contributed by atoms with Crippen molar-refractivity contribution in [3.8, 4) is 0 Å². The average molecular weight is 329 g/mol. The molecule has 0 aliphatic carbocycles. The van der Waals surface area contributed by atoms with Crippen molar-refractivity contribution in [3.63, 3.8) is 0 Å². The van der Waals surface area contributed by atoms with E-state index in [1.54, 1.807) is 6.33 Å². The maximum Gasteiger partial charge on any atom is 0.138 e. The molecule has 0 amide bonds. The smallest absolute Gasteiger partial charge is 0.138 e. The predicted octanol–water partition coefficient (Wildman–Crippen LogP) is 2.65. The third kappa shape index (κ3) is 2.89. The molecule has 0 atom stereocenters. The number of hydrogen-bond donors (Lipinski definition) is 1. The van der Waals surface area contributed by atoms with Gasteiger partial charge >= 0.3 is 0 Å². The van der Waals surface area contributed by atoms with Crippen LogP contribution in [0.5, 0.6) is 0 Å². The van der Waals surface area contributed by atoms with Gasteiger partial charge in [-0.3, -0.25) is 9.80 Å². The fourth-order valence-electron chi connectivity index (χ4n) is 4.47. The molecule has 130 valence electrons. The normalized spacial score (nSPS) is 21.8. The zero-order chi connectivity index (χ0) is 16.6. The van der Waals surface area contributed by atoms with E-state index in [0.717, 1.165) is 37.6 Å². The Labute approximate surface area is 143 Å². The molecule has 1 N–H and O–H groups in total. The molecule has 2 aliphatic rings. The molecule has 2 aromatic heterocycles. The molecule has 6 nitrogen and oxygen atoms in total. The van der Waals surface area contributed by atoms with Gasteiger partial charge in [0.25, 0.3) is 0 Å². The third-order valence-corrected chi connectivity index (χ3v) is 6.01. The summed E-state index contributed by atoms with van der Waals surface area (Å²) in [6.07, 6.45) is 8.85. The van der Waals surface area contributed by atoms with Crippen molar-refractivity contribution >= 4 is 0 Å². The lowest BCUT2D eigenvalue weighted by Crippen LogP contribution is -2.51. The molecule has 0 saturated carbocycles. The highest BCUT2D eigenvalue weighted by molar-refractivity contribution is 5.21. The Bertz CT molecular complexity index is 650. The van der Waals surface area contributed by atoms with Crippen LogP contribution in [0, 0.1) is 13.8 Å². The van der Waals surface area contributed by atoms with Gasteiger partial charge in [0.1, 0.15) is 5.76 Å². The van der Waals surface area contributed by atoms with Gasteiger partial charge in [0, 0.05) is 49.2 Å². The van der Waals surface area contributed by atoms with Crippen LogP contribution >= 0.6 is 0 Å². The topological polar surface area (TPSA) is 61.2 Å². The van der Waals surface area contributed by atoms with Crippen LogP contribution in [0.3, 0.4) is 0 Å². The molecule has 0 aromatic carbocycles. The second-order valence-corrected chi connectivity index (χ2v) is 7.41. The third-order valence-electron chi connectivity index (χ3n) is 6.01. The number of aromatic nitrogens is 3. The zero-order valence-corrected chi connectivity index (χ0v) is 14.7. The van der Waals surface area contributed by atoms with Crippen LogP contribution in [0.25, 0.3) is 0 Å². The first-order valence-electron chi connectivity index (χ1n) is 9.03. The van der Waals surface area contributed by atoms with Crippen LogP contribution in [-0.2, 0) is 13.1 Å². The molecule has 1 spiro atoms. The fourth-order valence-corrected chi connectivity index (χ4v) is 4.47. The monoisotopic (exact) mass is 329 g/mol. The van der Waals surface area contributed by atoms with Crippen LogP contribution in [0.15, 0.2) is 17.0 Å². The first-order valence-corrected chi connectivity index (χ1v) is 9.03. The largest absolute Gasteiger partial charge is 0.361 e. The lowest BCUT2D eigenvalue weighted by Gasteiger charge is -2.45. The Morgan fingerprint density at radius 3 is 2.67 bits per heavy atom. The fraction of sp³-hybridized carbons (Fsp3) is 0.667. The first-order chi connectivity index (χ1) is 11.7. The predicted molar refractivity (Wildman–Crippen MR) is 91.5 cm³/mol. The zero-order valence-electron chi connectivity index (χ0n) is 14.7. The molecule has 4 heterocycles. The average Bonchev–Trinajstić information content (AvgIpc) is 3.29. The molecule has 6 heteroatoms. The number of likely N-dealkylation sites (tertiary alicyclic amines) is 2. The van der Waals surface area contributed by atoms with Crippen molar-refractivity contribution < 1.29 is 4.52 Å². The number of H-pyrrole nitrogens is 1. The van der Waals surface area contributed by atoms with Crippen molar-refractivity contribution in [1.82, 2.24) is 24.9 Å². The van der Waals surface area contributed by atoms with Crippen LogP contribution in [0.1, 0.15) is 48.4 Å². The Morgan fingerprint density at radius 2 is 2.00 bits per heavy atom. The number of piperidine rings is 1. The van der Waals surface area contributed by atoms with E-state index in [9.17, 15) is 0 Å². The van der Waals surface area contributed by atoms with Gasteiger partial charge in [-0.1, -0.05) is 5.16 Å². The van der Waals surface area contributed by atoms with Gasteiger partial charge in [-0.05, 0) is 46.1 Å². The van der Waals surface area contributed by atoms with Gasteiger partial charge in [-0.25, -0.2) is 4.98 Å². The Kier molecular flexibility index (Phi) is 4.18. The number of aryl methyl sites for hydroxylation is 2. The number of aromatic amines is 1. The minimum absolute atomic E-state index is 0.376. The summed E-state index contributed by atoms with van der Waals surface area (Å²) >= 11 is 0. The molecule has 24 heavy (non-hydrogen) atoms. The Balaban J connectivity index is 1.41. The summed E-state index contributed by atoms with van der Waals surface area (Å²) < 4.78 is 5.36. The van der Waals surface area contributed by atoms with E-state index in [1.807, 2.05) is 13.1 Å². The molecule has 2 aliphatic heterocycles. The van der Waals surface area contributed by atoms with Crippen molar-refractivity contribution in [2.45, 2.75) is 58.2 Å². The Morgan fingerprint density at radius 1 is 1.17 bits per heavy atom. The highest BCUT2D eigenvalue weighted by Gasteiger charge is 2.43. The highest BCUT2D eigenvalue weighted by Crippen LogP contribution is 2.40. The molecular weight excluding hydrogens is 302 g/mol. The number of imidazole rings is 1. The van der Waals surface area contributed by atoms with Gasteiger partial charge in [0.2, 0.25) is 0 Å². The molecule has 2 aromatic rings. The molecule has 2 fully saturated rings. The van der Waals surface area contributed by atoms with Crippen LogP contribution in [0.2, 0.25) is 0 Å². The van der Waals surface area contributed by atoms with E-state index in [1.165, 1.54) is 43.5 Å². The lowest BCUT2D eigenvalue weighted by molar-refractivity contribution is 0.0443. The SMILES string of the molecule is Cc1noc(C)c1CN1CCCC12CCN(Cc1cnc[nH]1)CC2. The summed E-state index contributed by atoms with van der Waals surface area (Å²) in [6.45, 7) is 9.59. The van der Waals surface area contributed by atoms with Gasteiger partial charge in [0.05, 0.1) is 12.0 Å². The standard InChI is InChI=1S/C18H27N5O/c1-14-17(15(2)24-21-14)12-23-7-3-4-18(23)5-8-22(9-6-18)11-16-10-19-13-20-16/h10,13H,3-9,11-12H2,1-2H3,(H,19,20). The van der Waals surface area contributed by atoms with E-state index >= 15 is 0 Å². The second kappa shape index (κ2) is 6.33. The van der Waals surface area contributed by atoms with E-state index in [2.05, 4.69) is 31.8 Å². The summed E-state index contributed by atoms with van der Waals surface area (Å²) in [7, 11) is 0. The molecule has 2 saturated heterocycles. The summed E-state index contributed by atoms with van der Waals surface area (Å²) in [6, 6.07) is 0. The second-order valence-electron chi connectivity index (χ2n) is 7.41. The van der Waals surface area contributed by atoms with Crippen molar-refractivity contribution in [2.24, 2.45) is 0 Å². The van der Waals surface area contributed by atoms with Crippen LogP contribution in [-0.4, -0.2) is 50.1 Å². The molecule has 4 rings (SSSR count). The van der Waals surface area contributed by atoms with Gasteiger partial charge in [0.15, 0.2) is 0 Å². The van der Waals surface area contributed by atoms with Crippen LogP contribution < -0.4 is 0 Å². The Hall–Kier alpha value is -1.66. The lowest BCUT2D eigenvalue weighted by atomic mass is 9.84. The summed E-state index contributed by atoms with van der Waals surface area (Å²) in [5, 5.41) is 4.13.